The highest BCUT2D eigenvalue weighted by Gasteiger charge is 2.50. The molecular formula is C51H58N8O9S. The lowest BCUT2D eigenvalue weighted by atomic mass is 9.60. The molecule has 3 atom stereocenters. The maximum absolute atomic E-state index is 14.6. The highest BCUT2D eigenvalue weighted by Crippen LogP contribution is 2.55. The molecule has 2 aromatic heterocycles. The maximum Gasteiger partial charge on any atom is 0.293 e. The average molecular weight is 959 g/mol. The Bertz CT molecular complexity index is 2890. The number of nitro benzene ring substituents is 1. The molecule has 362 valence electrons. The number of nitrogens with one attached hydrogen (secondary N) is 3. The fraction of sp³-hybridized carbons (Fsp3) is 0.490. The van der Waals surface area contributed by atoms with Crippen molar-refractivity contribution in [1.82, 2.24) is 19.6 Å². The number of pyridine rings is 1. The van der Waals surface area contributed by atoms with Gasteiger partial charge in [-0.1, -0.05) is 18.2 Å². The molecule has 4 saturated heterocycles. The first kappa shape index (κ1) is 44.3. The Morgan fingerprint density at radius 2 is 1.75 bits per heavy atom. The molecule has 0 radical (unpaired) electrons. The van der Waals surface area contributed by atoms with Crippen LogP contribution in [0.4, 0.5) is 28.4 Å². The van der Waals surface area contributed by atoms with Gasteiger partial charge in [-0.2, -0.15) is 4.98 Å². The van der Waals surface area contributed by atoms with Gasteiger partial charge in [0.05, 0.1) is 46.4 Å². The smallest absolute Gasteiger partial charge is 0.293 e. The number of sulfonamides is 1. The highest BCUT2D eigenvalue weighted by molar-refractivity contribution is 7.90. The molecule has 7 aliphatic rings. The second kappa shape index (κ2) is 17.8. The number of benzene rings is 3. The van der Waals surface area contributed by atoms with Gasteiger partial charge < -0.3 is 39.0 Å². The molecule has 0 unspecified atom stereocenters. The second-order valence-electron chi connectivity index (χ2n) is 20.2. The van der Waals surface area contributed by atoms with Crippen molar-refractivity contribution in [2.24, 2.45) is 11.3 Å². The van der Waals surface area contributed by atoms with Crippen molar-refractivity contribution >= 4 is 55.4 Å². The summed E-state index contributed by atoms with van der Waals surface area (Å²) in [5.74, 6) is 0.825. The van der Waals surface area contributed by atoms with Crippen LogP contribution in [0.1, 0.15) is 86.2 Å². The third-order valence-electron chi connectivity index (χ3n) is 15.8. The molecule has 2 saturated carbocycles. The number of nitrogens with zero attached hydrogens (tertiary/aromatic N) is 5. The van der Waals surface area contributed by atoms with Crippen LogP contribution in [-0.2, 0) is 19.5 Å². The molecule has 5 aromatic rings. The number of hydrogen-bond donors (Lipinski definition) is 3. The van der Waals surface area contributed by atoms with Crippen LogP contribution in [-0.4, -0.2) is 111 Å². The van der Waals surface area contributed by atoms with Gasteiger partial charge >= 0.3 is 0 Å². The molecule has 2 aliphatic carbocycles. The van der Waals surface area contributed by atoms with E-state index in [1.165, 1.54) is 37.0 Å². The van der Waals surface area contributed by atoms with Crippen molar-refractivity contribution in [3.8, 4) is 11.6 Å². The van der Waals surface area contributed by atoms with E-state index >= 15 is 0 Å². The zero-order chi connectivity index (χ0) is 46.9. The summed E-state index contributed by atoms with van der Waals surface area (Å²) in [6, 6.07) is 22.3. The molecule has 3 aromatic carbocycles. The SMILES string of the molecule is O=C(NS(=O)(=O)c1ccc(NCC2CCOCC2)c([N+](=O)[O-])c1)c1ccc(N2CCC3(CC2)CC(N2CCC[C@H]2c2ccccc2OC2CC2)C3)cc1N1c2cc3cc[nH]c3nc2O[C@@H]2COC[C@H]21. The monoisotopic (exact) mass is 958 g/mol. The van der Waals surface area contributed by atoms with Crippen LogP contribution < -0.4 is 29.3 Å². The van der Waals surface area contributed by atoms with Crippen LogP contribution in [0, 0.1) is 21.4 Å². The summed E-state index contributed by atoms with van der Waals surface area (Å²) in [4.78, 5) is 41.0. The molecule has 12 rings (SSSR count). The molecule has 1 spiro atoms. The van der Waals surface area contributed by atoms with E-state index in [0.29, 0.717) is 74.1 Å². The van der Waals surface area contributed by atoms with E-state index in [0.717, 1.165) is 87.5 Å². The summed E-state index contributed by atoms with van der Waals surface area (Å²) in [5.41, 5.74) is 4.20. The van der Waals surface area contributed by atoms with Gasteiger partial charge in [-0.15, -0.1) is 0 Å². The zero-order valence-corrected chi connectivity index (χ0v) is 39.3. The van der Waals surface area contributed by atoms with E-state index in [-0.39, 0.29) is 28.6 Å². The molecule has 0 bridgehead atoms. The number of carbonyl (C=O) groups excluding carboxylic acids is 1. The van der Waals surface area contributed by atoms with E-state index < -0.39 is 37.5 Å². The van der Waals surface area contributed by atoms with Gasteiger partial charge in [-0.3, -0.25) is 19.8 Å². The van der Waals surface area contributed by atoms with Gasteiger partial charge in [0.25, 0.3) is 21.6 Å². The van der Waals surface area contributed by atoms with Crippen molar-refractivity contribution in [2.75, 3.05) is 67.7 Å². The number of para-hydroxylation sites is 1. The first-order chi connectivity index (χ1) is 33.6. The number of rotatable bonds is 13. The normalized spacial score (nSPS) is 23.9. The summed E-state index contributed by atoms with van der Waals surface area (Å²) >= 11 is 0. The Kier molecular flexibility index (Phi) is 11.4. The Morgan fingerprint density at radius 1 is 0.928 bits per heavy atom. The fourth-order valence-electron chi connectivity index (χ4n) is 11.9. The summed E-state index contributed by atoms with van der Waals surface area (Å²) in [7, 11) is -4.59. The van der Waals surface area contributed by atoms with Gasteiger partial charge in [-0.05, 0) is 131 Å². The highest BCUT2D eigenvalue weighted by atomic mass is 32.2. The Labute approximate surface area is 401 Å². The minimum atomic E-state index is -4.59. The average Bonchev–Trinajstić information content (AvgIpc) is 3.65. The molecule has 7 heterocycles. The Hall–Kier alpha value is -5.95. The van der Waals surface area contributed by atoms with Gasteiger partial charge in [-0.25, -0.2) is 13.1 Å². The number of piperidine rings is 1. The third-order valence-corrected chi connectivity index (χ3v) is 17.2. The van der Waals surface area contributed by atoms with Gasteiger partial charge in [0.2, 0.25) is 5.88 Å². The van der Waals surface area contributed by atoms with Crippen LogP contribution in [0.3, 0.4) is 0 Å². The lowest BCUT2D eigenvalue weighted by molar-refractivity contribution is -0.384. The van der Waals surface area contributed by atoms with E-state index in [2.05, 4.69) is 49.1 Å². The molecule has 17 nitrogen and oxygen atoms in total. The molecule has 18 heteroatoms. The zero-order valence-electron chi connectivity index (χ0n) is 38.5. The number of likely N-dealkylation sites (tertiary alicyclic amines) is 1. The fourth-order valence-corrected chi connectivity index (χ4v) is 12.8. The number of H-pyrrole nitrogens is 1. The van der Waals surface area contributed by atoms with Crippen LogP contribution in [0.25, 0.3) is 11.0 Å². The Morgan fingerprint density at radius 3 is 2.57 bits per heavy atom. The first-order valence-corrected chi connectivity index (χ1v) is 26.2. The lowest BCUT2D eigenvalue weighted by Gasteiger charge is -2.56. The standard InChI is InChI=1S/C51H58N8O9S/c60-49(55-69(63,64)37-10-12-40(43(26-37)59(61)62)53-29-32-14-22-65-23-15-32)39-11-7-34(25-42(39)58-44-24-33-13-18-52-48(33)54-50(44)68-47-31-66-30-45(47)58)56-20-16-51(17-21-56)27-35(28-51)57-19-3-5-41(57)38-4-1-2-6-46(38)67-36-8-9-36/h1-2,4,6-7,10-13,18,24-26,32,35-36,41,45,47,53H,3,5,8-9,14-17,19-23,27-31H2,(H,52,54)(H,55,60)/t41-,45+,47+/m0/s1. The number of ether oxygens (including phenoxy) is 4. The molecule has 6 fully saturated rings. The molecule has 5 aliphatic heterocycles. The number of hydrogen-bond acceptors (Lipinski definition) is 14. The molecule has 1 amide bonds. The minimum Gasteiger partial charge on any atom is -0.490 e. The number of amides is 1. The van der Waals surface area contributed by atoms with Crippen LogP contribution >= 0.6 is 0 Å². The van der Waals surface area contributed by atoms with E-state index in [1.807, 2.05) is 35.4 Å². The largest absolute Gasteiger partial charge is 0.490 e. The number of anilines is 4. The number of fused-ring (bicyclic) bond motifs is 3. The predicted octanol–water partition coefficient (Wildman–Crippen LogP) is 7.85. The third kappa shape index (κ3) is 8.52. The minimum absolute atomic E-state index is 0.110. The van der Waals surface area contributed by atoms with Crippen molar-refractivity contribution in [3.63, 3.8) is 0 Å². The van der Waals surface area contributed by atoms with Crippen molar-refractivity contribution < 1.29 is 37.1 Å². The second-order valence-corrected chi connectivity index (χ2v) is 21.9. The van der Waals surface area contributed by atoms with E-state index in [9.17, 15) is 23.3 Å². The van der Waals surface area contributed by atoms with E-state index in [4.69, 9.17) is 23.9 Å². The first-order valence-electron chi connectivity index (χ1n) is 24.7. The number of aromatic nitrogens is 2. The summed E-state index contributed by atoms with van der Waals surface area (Å²) in [6.45, 7) is 5.16. The molecule has 69 heavy (non-hydrogen) atoms. The Balaban J connectivity index is 0.809. The van der Waals surface area contributed by atoms with Crippen molar-refractivity contribution in [1.29, 1.82) is 0 Å². The van der Waals surface area contributed by atoms with Gasteiger partial charge in [0.15, 0.2) is 0 Å². The predicted molar refractivity (Wildman–Crippen MR) is 259 cm³/mol. The maximum atomic E-state index is 14.6. The molecular weight excluding hydrogens is 901 g/mol. The van der Waals surface area contributed by atoms with Crippen molar-refractivity contribution in [2.45, 2.75) is 99.4 Å². The van der Waals surface area contributed by atoms with Crippen LogP contribution in [0.2, 0.25) is 0 Å². The quantitative estimate of drug-likeness (QED) is 0.0763. The summed E-state index contributed by atoms with van der Waals surface area (Å²) in [5, 5.41) is 16.3. The number of carbonyl (C=O) groups is 1. The number of aromatic amines is 1. The summed E-state index contributed by atoms with van der Waals surface area (Å²) < 4.78 is 54.7. The number of nitro groups is 1. The van der Waals surface area contributed by atoms with Crippen molar-refractivity contribution in [3.05, 3.63) is 100 Å². The van der Waals surface area contributed by atoms with Crippen LogP contribution in [0.5, 0.6) is 11.6 Å². The van der Waals surface area contributed by atoms with Crippen LogP contribution in [0.15, 0.2) is 83.9 Å². The van der Waals surface area contributed by atoms with E-state index in [1.54, 1.807) is 6.07 Å². The summed E-state index contributed by atoms with van der Waals surface area (Å²) in [6.07, 6.45) is 12.5. The molecule has 3 N–H and O–H groups in total. The lowest BCUT2D eigenvalue weighted by Crippen LogP contribution is -2.55. The van der Waals surface area contributed by atoms with Gasteiger partial charge in [0, 0.05) is 73.8 Å². The van der Waals surface area contributed by atoms with Gasteiger partial charge in [0.1, 0.15) is 28.9 Å². The topological polar surface area (TPSA) is 194 Å².